The Morgan fingerprint density at radius 1 is 0.882 bits per heavy atom. The molecule has 90 valence electrons. The van der Waals surface area contributed by atoms with Gasteiger partial charge in [-0.05, 0) is 0 Å². The van der Waals surface area contributed by atoms with E-state index >= 15 is 0 Å². The van der Waals surface area contributed by atoms with E-state index in [1.807, 2.05) is 4.03 Å². The average molecular weight is 303 g/mol. The third-order valence-corrected chi connectivity index (χ3v) is 20.4. The van der Waals surface area contributed by atoms with Crippen molar-refractivity contribution in [3.05, 3.63) is 52.1 Å². The molecular formula is C15H22GeSi. The summed E-state index contributed by atoms with van der Waals surface area (Å²) >= 11 is -1.95. The van der Waals surface area contributed by atoms with Crippen LogP contribution in [0.5, 0.6) is 0 Å². The second kappa shape index (κ2) is 4.29. The first-order valence-corrected chi connectivity index (χ1v) is 16.1. The van der Waals surface area contributed by atoms with Crippen LogP contribution in [-0.2, 0) is 0 Å². The fraction of sp³-hybridized carbons (Fsp3) is 0.333. The quantitative estimate of drug-likeness (QED) is 0.696. The van der Waals surface area contributed by atoms with Gasteiger partial charge in [0.05, 0.1) is 0 Å². The number of benzene rings is 1. The summed E-state index contributed by atoms with van der Waals surface area (Å²) in [4.78, 5) is 0. The average Bonchev–Trinajstić information content (AvgIpc) is 2.54. The van der Waals surface area contributed by atoms with Crippen LogP contribution in [0.3, 0.4) is 0 Å². The normalized spacial score (nSPS) is 18.9. The van der Waals surface area contributed by atoms with Gasteiger partial charge >= 0.3 is 109 Å². The zero-order valence-electron chi connectivity index (χ0n) is 11.5. The maximum atomic E-state index is 2.55. The van der Waals surface area contributed by atoms with Gasteiger partial charge < -0.3 is 0 Å². The Kier molecular flexibility index (Phi) is 3.25. The van der Waals surface area contributed by atoms with Crippen LogP contribution in [0, 0.1) is 0 Å². The third kappa shape index (κ3) is 2.36. The molecule has 2 rings (SSSR count). The summed E-state index contributed by atoms with van der Waals surface area (Å²) in [5.74, 6) is 5.10. The SMILES string of the molecule is C[Si](C)(C)[C]1=CC=[C](c2ccccc2)[Ge]1([CH3])[CH3]. The van der Waals surface area contributed by atoms with E-state index in [1.54, 1.807) is 4.41 Å². The van der Waals surface area contributed by atoms with E-state index in [0.29, 0.717) is 0 Å². The van der Waals surface area contributed by atoms with E-state index in [4.69, 9.17) is 0 Å². The Balaban J connectivity index is 2.39. The number of allylic oxidation sites excluding steroid dienone is 2. The van der Waals surface area contributed by atoms with Gasteiger partial charge in [-0.1, -0.05) is 0 Å². The molecule has 0 N–H and O–H groups in total. The molecule has 0 unspecified atom stereocenters. The van der Waals surface area contributed by atoms with Crippen LogP contribution >= 0.6 is 0 Å². The third-order valence-electron chi connectivity index (χ3n) is 3.66. The van der Waals surface area contributed by atoms with Crippen molar-refractivity contribution in [1.29, 1.82) is 0 Å². The predicted octanol–water partition coefficient (Wildman–Crippen LogP) is 4.67. The number of rotatable bonds is 2. The first kappa shape index (κ1) is 12.9. The standard InChI is InChI=1S/C15H22GeSi/c1-16(2)14(13-9-7-6-8-10-13)11-12-15(16)17(3,4)5/h6-12H,1-5H3. The summed E-state index contributed by atoms with van der Waals surface area (Å²) < 4.78 is 3.50. The van der Waals surface area contributed by atoms with Gasteiger partial charge in [-0.25, -0.2) is 0 Å². The van der Waals surface area contributed by atoms with Crippen molar-refractivity contribution in [2.45, 2.75) is 31.2 Å². The molecule has 1 aromatic rings. The van der Waals surface area contributed by atoms with E-state index in [2.05, 4.69) is 73.6 Å². The molecule has 0 saturated heterocycles. The second-order valence-corrected chi connectivity index (χ2v) is 21.6. The molecule has 0 nitrogen and oxygen atoms in total. The monoisotopic (exact) mass is 304 g/mol. The Labute approximate surface area is 109 Å². The summed E-state index contributed by atoms with van der Waals surface area (Å²) in [7, 11) is -1.14. The first-order valence-electron chi connectivity index (χ1n) is 6.32. The molecule has 1 aliphatic rings. The zero-order valence-corrected chi connectivity index (χ0v) is 14.6. The van der Waals surface area contributed by atoms with Gasteiger partial charge in [-0.15, -0.1) is 0 Å². The van der Waals surface area contributed by atoms with Crippen molar-refractivity contribution >= 4 is 25.7 Å². The van der Waals surface area contributed by atoms with Crippen molar-refractivity contribution in [2.75, 3.05) is 0 Å². The van der Waals surface area contributed by atoms with Crippen molar-refractivity contribution in [3.8, 4) is 0 Å². The van der Waals surface area contributed by atoms with Crippen molar-refractivity contribution in [3.63, 3.8) is 0 Å². The van der Waals surface area contributed by atoms with Crippen LogP contribution in [0.4, 0.5) is 0 Å². The Morgan fingerprint density at radius 2 is 1.47 bits per heavy atom. The fourth-order valence-corrected chi connectivity index (χ4v) is 22.5. The minimum absolute atomic E-state index is 1.14. The predicted molar refractivity (Wildman–Crippen MR) is 83.3 cm³/mol. The van der Waals surface area contributed by atoms with Crippen LogP contribution in [-0.4, -0.2) is 21.3 Å². The van der Waals surface area contributed by atoms with Gasteiger partial charge in [0.1, 0.15) is 0 Å². The summed E-state index contributed by atoms with van der Waals surface area (Å²) in [5.41, 5.74) is 1.45. The van der Waals surface area contributed by atoms with Gasteiger partial charge in [0.25, 0.3) is 0 Å². The molecule has 1 aromatic carbocycles. The molecule has 17 heavy (non-hydrogen) atoms. The Hall–Kier alpha value is -0.540. The molecule has 0 atom stereocenters. The summed E-state index contributed by atoms with van der Waals surface area (Å²) in [6, 6.07) is 10.9. The van der Waals surface area contributed by atoms with Crippen molar-refractivity contribution < 1.29 is 0 Å². The van der Waals surface area contributed by atoms with Crippen LogP contribution in [0.1, 0.15) is 5.56 Å². The molecule has 0 fully saturated rings. The van der Waals surface area contributed by atoms with Gasteiger partial charge in [0.15, 0.2) is 0 Å². The molecule has 0 amide bonds. The van der Waals surface area contributed by atoms with Crippen LogP contribution in [0.25, 0.3) is 4.41 Å². The fourth-order valence-electron chi connectivity index (χ4n) is 2.99. The molecule has 0 aliphatic carbocycles. The summed E-state index contributed by atoms with van der Waals surface area (Å²) in [5, 5.41) is 0. The second-order valence-electron chi connectivity index (χ2n) is 6.40. The molecule has 0 aromatic heterocycles. The summed E-state index contributed by atoms with van der Waals surface area (Å²) in [6.45, 7) is 7.44. The summed E-state index contributed by atoms with van der Waals surface area (Å²) in [6.07, 6.45) is 4.86. The van der Waals surface area contributed by atoms with Crippen molar-refractivity contribution in [2.24, 2.45) is 0 Å². The van der Waals surface area contributed by atoms with E-state index in [0.717, 1.165) is 0 Å². The number of hydrogen-bond donors (Lipinski definition) is 0. The van der Waals surface area contributed by atoms with Gasteiger partial charge in [-0.2, -0.15) is 0 Å². The molecule has 1 heterocycles. The molecular weight excluding hydrogens is 281 g/mol. The molecule has 0 radical (unpaired) electrons. The van der Waals surface area contributed by atoms with Crippen molar-refractivity contribution in [1.82, 2.24) is 0 Å². The van der Waals surface area contributed by atoms with E-state index < -0.39 is 21.3 Å². The minimum atomic E-state index is -1.95. The number of hydrogen-bond acceptors (Lipinski definition) is 0. The van der Waals surface area contributed by atoms with Crippen LogP contribution < -0.4 is 0 Å². The van der Waals surface area contributed by atoms with Gasteiger partial charge in [0, 0.05) is 0 Å². The van der Waals surface area contributed by atoms with E-state index in [9.17, 15) is 0 Å². The van der Waals surface area contributed by atoms with Gasteiger partial charge in [-0.3, -0.25) is 0 Å². The first-order chi connectivity index (χ1) is 7.83. The van der Waals surface area contributed by atoms with Crippen LogP contribution in [0.15, 0.2) is 46.5 Å². The van der Waals surface area contributed by atoms with Gasteiger partial charge in [0.2, 0.25) is 0 Å². The van der Waals surface area contributed by atoms with E-state index in [1.165, 1.54) is 5.56 Å². The topological polar surface area (TPSA) is 0 Å². The van der Waals surface area contributed by atoms with E-state index in [-0.39, 0.29) is 0 Å². The Morgan fingerprint density at radius 3 is 1.94 bits per heavy atom. The molecule has 0 bridgehead atoms. The Bertz CT molecular complexity index is 475. The zero-order chi connectivity index (χ0) is 12.7. The maximum absolute atomic E-state index is 2.55. The molecule has 2 heteroatoms. The van der Waals surface area contributed by atoms with Crippen LogP contribution in [0.2, 0.25) is 31.2 Å². The molecule has 1 aliphatic heterocycles. The molecule has 0 spiro atoms. The molecule has 0 saturated carbocycles.